The van der Waals surface area contributed by atoms with Crippen molar-refractivity contribution in [2.45, 2.75) is 50.9 Å². The van der Waals surface area contributed by atoms with E-state index in [2.05, 4.69) is 10.4 Å². The Kier molecular flexibility index (Phi) is 4.94. The molecule has 1 aliphatic heterocycles. The summed E-state index contributed by atoms with van der Waals surface area (Å²) in [5, 5.41) is 16.9. The largest absolute Gasteiger partial charge is 0.389 e. The molecule has 2 heterocycles. The molecule has 1 aliphatic carbocycles. The summed E-state index contributed by atoms with van der Waals surface area (Å²) in [7, 11) is 0. The maximum absolute atomic E-state index is 13.3. The van der Waals surface area contributed by atoms with Crippen molar-refractivity contribution in [2.24, 2.45) is 0 Å². The molecule has 1 unspecified atom stereocenters. The highest BCUT2D eigenvalue weighted by atomic mass is 16.3. The number of aliphatic hydroxyl groups excluding tert-OH is 1. The molecular formula is C20H24N4O3. The Morgan fingerprint density at radius 2 is 2.00 bits per heavy atom. The van der Waals surface area contributed by atoms with Gasteiger partial charge in [0.1, 0.15) is 5.69 Å². The topological polar surface area (TPSA) is 87.5 Å². The number of β-amino-alcohol motifs (C(OH)–C–C–N with tert-alkyl or cyclic N) is 1. The molecule has 2 aromatic rings. The van der Waals surface area contributed by atoms with E-state index in [-0.39, 0.29) is 36.6 Å². The predicted molar refractivity (Wildman–Crippen MR) is 99.1 cm³/mol. The Morgan fingerprint density at radius 1 is 1.26 bits per heavy atom. The van der Waals surface area contributed by atoms with E-state index in [1.54, 1.807) is 6.07 Å². The third-order valence-electron chi connectivity index (χ3n) is 5.34. The zero-order chi connectivity index (χ0) is 18.8. The van der Waals surface area contributed by atoms with Crippen molar-refractivity contribution >= 4 is 11.8 Å². The van der Waals surface area contributed by atoms with Crippen molar-refractivity contribution in [3.05, 3.63) is 53.3 Å². The number of carbonyl (C=O) groups is 2. The van der Waals surface area contributed by atoms with Crippen molar-refractivity contribution < 1.29 is 14.7 Å². The number of aromatic nitrogens is 2. The highest BCUT2D eigenvalue weighted by Gasteiger charge is 2.31. The summed E-state index contributed by atoms with van der Waals surface area (Å²) in [6.07, 6.45) is 3.51. The Hall–Kier alpha value is -2.67. The van der Waals surface area contributed by atoms with Crippen molar-refractivity contribution in [2.75, 3.05) is 6.54 Å². The third kappa shape index (κ3) is 3.73. The van der Waals surface area contributed by atoms with E-state index in [0.717, 1.165) is 31.2 Å². The minimum Gasteiger partial charge on any atom is -0.389 e. The molecule has 7 heteroatoms. The summed E-state index contributed by atoms with van der Waals surface area (Å²) in [5.74, 6) is -0.470. The molecule has 0 radical (unpaired) electrons. The molecule has 0 spiro atoms. The third-order valence-corrected chi connectivity index (χ3v) is 5.34. The van der Waals surface area contributed by atoms with Gasteiger partial charge in [-0.15, -0.1) is 0 Å². The molecule has 0 bridgehead atoms. The maximum Gasteiger partial charge on any atom is 0.274 e. The first-order valence-corrected chi connectivity index (χ1v) is 9.51. The molecule has 2 aliphatic rings. The van der Waals surface area contributed by atoms with Crippen LogP contribution in [0.15, 0.2) is 36.4 Å². The Morgan fingerprint density at radius 3 is 2.74 bits per heavy atom. The second-order valence-corrected chi connectivity index (χ2v) is 7.32. The van der Waals surface area contributed by atoms with Gasteiger partial charge in [-0.25, -0.2) is 0 Å². The van der Waals surface area contributed by atoms with Crippen molar-refractivity contribution in [1.82, 2.24) is 20.0 Å². The lowest BCUT2D eigenvalue weighted by atomic mass is 10.1. The molecule has 2 amide bonds. The van der Waals surface area contributed by atoms with Crippen LogP contribution in [0, 0.1) is 0 Å². The molecule has 0 saturated heterocycles. The molecule has 7 nitrogen and oxygen atoms in total. The van der Waals surface area contributed by atoms with E-state index in [0.29, 0.717) is 12.2 Å². The smallest absolute Gasteiger partial charge is 0.274 e. The van der Waals surface area contributed by atoms with Crippen LogP contribution in [0.2, 0.25) is 0 Å². The van der Waals surface area contributed by atoms with Gasteiger partial charge >= 0.3 is 0 Å². The molecule has 1 aromatic heterocycles. The molecule has 1 fully saturated rings. The van der Waals surface area contributed by atoms with Crippen LogP contribution in [-0.4, -0.2) is 50.3 Å². The Balaban J connectivity index is 1.62. The standard InChI is InChI=1S/C20H24N4O3/c25-16-11-21-19(26)18-10-17(22-24(18)13-16)20(27)23(15-8-4-5-9-15)12-14-6-2-1-3-7-14/h1-3,6-7,10,15-16,25H,4-5,8-9,11-13H2,(H,21,26). The Labute approximate surface area is 158 Å². The zero-order valence-corrected chi connectivity index (χ0v) is 15.2. The highest BCUT2D eigenvalue weighted by Crippen LogP contribution is 2.26. The van der Waals surface area contributed by atoms with E-state index in [1.807, 2.05) is 35.2 Å². The summed E-state index contributed by atoms with van der Waals surface area (Å²) in [6, 6.07) is 11.7. The van der Waals surface area contributed by atoms with Crippen molar-refractivity contribution in [3.63, 3.8) is 0 Å². The molecular weight excluding hydrogens is 344 g/mol. The number of nitrogens with zero attached hydrogens (tertiary/aromatic N) is 3. The normalized spacial score (nSPS) is 20.0. The fourth-order valence-electron chi connectivity index (χ4n) is 3.92. The van der Waals surface area contributed by atoms with Gasteiger partial charge in [0.25, 0.3) is 11.8 Å². The van der Waals surface area contributed by atoms with Crippen LogP contribution in [0.1, 0.15) is 52.2 Å². The highest BCUT2D eigenvalue weighted by molar-refractivity contribution is 5.98. The molecule has 2 N–H and O–H groups in total. The van der Waals surface area contributed by atoms with Crippen molar-refractivity contribution in [1.29, 1.82) is 0 Å². The van der Waals surface area contributed by atoms with E-state index in [9.17, 15) is 14.7 Å². The number of benzene rings is 1. The summed E-state index contributed by atoms with van der Waals surface area (Å²) in [5.41, 5.74) is 1.66. The minimum absolute atomic E-state index is 0.159. The lowest BCUT2D eigenvalue weighted by Crippen LogP contribution is -2.38. The fourth-order valence-corrected chi connectivity index (χ4v) is 3.92. The molecule has 4 rings (SSSR count). The van der Waals surface area contributed by atoms with Crippen LogP contribution in [0.5, 0.6) is 0 Å². The van der Waals surface area contributed by atoms with Gasteiger partial charge in [0.05, 0.1) is 12.6 Å². The van der Waals surface area contributed by atoms with E-state index in [1.165, 1.54) is 4.68 Å². The van der Waals surface area contributed by atoms with Crippen LogP contribution >= 0.6 is 0 Å². The number of rotatable bonds is 4. The number of carbonyl (C=O) groups excluding carboxylic acids is 2. The first-order chi connectivity index (χ1) is 13.1. The van der Waals surface area contributed by atoms with Crippen LogP contribution in [0.25, 0.3) is 0 Å². The van der Waals surface area contributed by atoms with Crippen LogP contribution < -0.4 is 5.32 Å². The van der Waals surface area contributed by atoms with Gasteiger partial charge in [0, 0.05) is 25.2 Å². The average Bonchev–Trinajstić information content (AvgIpc) is 3.32. The number of fused-ring (bicyclic) bond motifs is 1. The molecule has 1 atom stereocenters. The molecule has 1 aromatic carbocycles. The summed E-state index contributed by atoms with van der Waals surface area (Å²) in [6.45, 7) is 0.915. The predicted octanol–water partition coefficient (Wildman–Crippen LogP) is 1.57. The number of nitrogens with one attached hydrogen (secondary N) is 1. The second-order valence-electron chi connectivity index (χ2n) is 7.32. The SMILES string of the molecule is O=C1NCC(O)Cn2nc(C(=O)N(Cc3ccccc3)C3CCCC3)cc21. The number of hydrogen-bond acceptors (Lipinski definition) is 4. The summed E-state index contributed by atoms with van der Waals surface area (Å²) >= 11 is 0. The Bertz CT molecular complexity index is 827. The second kappa shape index (κ2) is 7.52. The first kappa shape index (κ1) is 17.7. The van der Waals surface area contributed by atoms with Gasteiger partial charge in [0.2, 0.25) is 0 Å². The zero-order valence-electron chi connectivity index (χ0n) is 15.2. The number of hydrogen-bond donors (Lipinski definition) is 2. The molecule has 142 valence electrons. The van der Waals surface area contributed by atoms with E-state index in [4.69, 9.17) is 0 Å². The van der Waals surface area contributed by atoms with Crippen LogP contribution in [0.3, 0.4) is 0 Å². The maximum atomic E-state index is 13.3. The first-order valence-electron chi connectivity index (χ1n) is 9.51. The monoisotopic (exact) mass is 368 g/mol. The summed E-state index contributed by atoms with van der Waals surface area (Å²) < 4.78 is 1.44. The lowest BCUT2D eigenvalue weighted by molar-refractivity contribution is 0.0656. The average molecular weight is 368 g/mol. The number of amides is 2. The van der Waals surface area contributed by atoms with Gasteiger partial charge in [-0.05, 0) is 18.4 Å². The summed E-state index contributed by atoms with van der Waals surface area (Å²) in [4.78, 5) is 27.4. The van der Waals surface area contributed by atoms with Gasteiger partial charge < -0.3 is 15.3 Å². The minimum atomic E-state index is -0.715. The van der Waals surface area contributed by atoms with Crippen molar-refractivity contribution in [3.8, 4) is 0 Å². The van der Waals surface area contributed by atoms with Gasteiger partial charge in [-0.1, -0.05) is 43.2 Å². The number of aliphatic hydroxyl groups is 1. The lowest BCUT2D eigenvalue weighted by Gasteiger charge is -2.28. The van der Waals surface area contributed by atoms with Crippen LogP contribution in [0.4, 0.5) is 0 Å². The van der Waals surface area contributed by atoms with Gasteiger partial charge in [0.15, 0.2) is 5.69 Å². The quantitative estimate of drug-likeness (QED) is 0.858. The molecule has 1 saturated carbocycles. The van der Waals surface area contributed by atoms with E-state index >= 15 is 0 Å². The van der Waals surface area contributed by atoms with E-state index < -0.39 is 6.10 Å². The van der Waals surface area contributed by atoms with Gasteiger partial charge in [-0.2, -0.15) is 5.10 Å². The van der Waals surface area contributed by atoms with Gasteiger partial charge in [-0.3, -0.25) is 14.3 Å². The fraction of sp³-hybridized carbons (Fsp3) is 0.450. The molecule has 27 heavy (non-hydrogen) atoms. The van der Waals surface area contributed by atoms with Crippen LogP contribution in [-0.2, 0) is 13.1 Å².